The zero-order valence-electron chi connectivity index (χ0n) is 21.9. The second-order valence-corrected chi connectivity index (χ2v) is 9.59. The largest absolute Gasteiger partial charge is 0.326 e. The Morgan fingerprint density at radius 1 is 0.528 bits per heavy atom. The van der Waals surface area contributed by atoms with Gasteiger partial charge in [-0.3, -0.25) is 14.4 Å². The third kappa shape index (κ3) is 7.28. The fourth-order valence-electron chi connectivity index (χ4n) is 3.83. The summed E-state index contributed by atoms with van der Waals surface area (Å²) in [6.07, 6.45) is -0.242. The molecule has 0 saturated heterocycles. The van der Waals surface area contributed by atoms with Crippen LogP contribution < -0.4 is 16.0 Å². The average molecular weight is 486 g/mol. The van der Waals surface area contributed by atoms with Crippen LogP contribution in [0.5, 0.6) is 0 Å². The van der Waals surface area contributed by atoms with Crippen molar-refractivity contribution in [2.24, 2.45) is 5.92 Å². The lowest BCUT2D eigenvalue weighted by Crippen LogP contribution is -2.31. The number of amides is 3. The van der Waals surface area contributed by atoms with Crippen LogP contribution in [0, 0.1) is 47.5 Å². The van der Waals surface area contributed by atoms with E-state index >= 15 is 0 Å². The van der Waals surface area contributed by atoms with E-state index in [0.29, 0.717) is 17.1 Å². The van der Waals surface area contributed by atoms with Crippen molar-refractivity contribution in [1.29, 1.82) is 0 Å². The topological polar surface area (TPSA) is 87.3 Å². The van der Waals surface area contributed by atoms with E-state index in [1.54, 1.807) is 0 Å². The van der Waals surface area contributed by atoms with Crippen LogP contribution in [0.4, 0.5) is 17.1 Å². The van der Waals surface area contributed by atoms with Crippen LogP contribution in [-0.4, -0.2) is 17.7 Å². The quantitative estimate of drug-likeness (QED) is 0.358. The van der Waals surface area contributed by atoms with Gasteiger partial charge in [-0.2, -0.15) is 0 Å². The van der Waals surface area contributed by atoms with Gasteiger partial charge in [0.1, 0.15) is 0 Å². The van der Waals surface area contributed by atoms with E-state index in [1.165, 1.54) is 0 Å². The molecule has 0 heterocycles. The number of rotatable bonds is 8. The molecule has 0 spiro atoms. The molecular weight excluding hydrogens is 450 g/mol. The van der Waals surface area contributed by atoms with Gasteiger partial charge in [0.15, 0.2) is 0 Å². The second-order valence-electron chi connectivity index (χ2n) is 9.59. The van der Waals surface area contributed by atoms with E-state index in [-0.39, 0.29) is 30.6 Å². The van der Waals surface area contributed by atoms with E-state index in [0.717, 1.165) is 33.4 Å². The lowest BCUT2D eigenvalue weighted by molar-refractivity contribution is -0.127. The van der Waals surface area contributed by atoms with E-state index in [2.05, 4.69) is 16.0 Å². The number of hydrogen-bond donors (Lipinski definition) is 3. The fourth-order valence-corrected chi connectivity index (χ4v) is 3.83. The van der Waals surface area contributed by atoms with Crippen molar-refractivity contribution in [3.05, 3.63) is 88.0 Å². The summed E-state index contributed by atoms with van der Waals surface area (Å²) in [6.45, 7) is 11.9. The molecule has 0 unspecified atom stereocenters. The van der Waals surface area contributed by atoms with Crippen LogP contribution in [-0.2, 0) is 14.4 Å². The molecule has 0 fully saturated rings. The maximum absolute atomic E-state index is 13.2. The maximum atomic E-state index is 13.2. The van der Waals surface area contributed by atoms with Gasteiger partial charge in [0.2, 0.25) is 17.7 Å². The molecule has 0 aliphatic rings. The molecule has 36 heavy (non-hydrogen) atoms. The summed E-state index contributed by atoms with van der Waals surface area (Å²) in [4.78, 5) is 39.0. The molecule has 6 nitrogen and oxygen atoms in total. The molecule has 0 bridgehead atoms. The normalized spacial score (nSPS) is 10.8. The zero-order valence-corrected chi connectivity index (χ0v) is 21.9. The Hall–Kier alpha value is -3.93. The molecule has 0 radical (unpaired) electrons. The molecule has 0 saturated carbocycles. The van der Waals surface area contributed by atoms with Crippen molar-refractivity contribution in [1.82, 2.24) is 0 Å². The highest BCUT2D eigenvalue weighted by Gasteiger charge is 2.25. The van der Waals surface area contributed by atoms with Crippen molar-refractivity contribution >= 4 is 34.8 Å². The molecule has 188 valence electrons. The number of hydrogen-bond acceptors (Lipinski definition) is 3. The third-order valence-corrected chi connectivity index (χ3v) is 6.59. The summed E-state index contributed by atoms with van der Waals surface area (Å²) in [6, 6.07) is 17.0. The van der Waals surface area contributed by atoms with Gasteiger partial charge in [0.05, 0.1) is 5.92 Å². The summed E-state index contributed by atoms with van der Waals surface area (Å²) in [5.41, 5.74) is 8.50. The van der Waals surface area contributed by atoms with Crippen molar-refractivity contribution < 1.29 is 14.4 Å². The van der Waals surface area contributed by atoms with Crippen LogP contribution in [0.2, 0.25) is 0 Å². The minimum absolute atomic E-state index is 0.121. The van der Waals surface area contributed by atoms with E-state index < -0.39 is 5.92 Å². The smallest absolute Gasteiger partial charge is 0.228 e. The molecule has 0 aliphatic heterocycles. The van der Waals surface area contributed by atoms with Crippen LogP contribution in [0.3, 0.4) is 0 Å². The highest BCUT2D eigenvalue weighted by Crippen LogP contribution is 2.21. The maximum Gasteiger partial charge on any atom is 0.228 e. The highest BCUT2D eigenvalue weighted by molar-refractivity contribution is 6.02. The van der Waals surface area contributed by atoms with Crippen molar-refractivity contribution in [3.63, 3.8) is 0 Å². The molecule has 3 rings (SSSR count). The van der Waals surface area contributed by atoms with Gasteiger partial charge in [-0.1, -0.05) is 18.2 Å². The molecular formula is C30H35N3O3. The molecule has 3 N–H and O–H groups in total. The van der Waals surface area contributed by atoms with Crippen LogP contribution in [0.15, 0.2) is 54.6 Å². The summed E-state index contributed by atoms with van der Waals surface area (Å²) in [5.74, 6) is -1.86. The van der Waals surface area contributed by atoms with Gasteiger partial charge in [0.25, 0.3) is 0 Å². The van der Waals surface area contributed by atoms with Gasteiger partial charge in [-0.15, -0.1) is 0 Å². The fraction of sp³-hybridized carbons (Fsp3) is 0.300. The molecule has 0 aromatic heterocycles. The number of nitrogens with one attached hydrogen (secondary N) is 3. The summed E-state index contributed by atoms with van der Waals surface area (Å²) in [5, 5.41) is 8.61. The monoisotopic (exact) mass is 485 g/mol. The van der Waals surface area contributed by atoms with E-state index in [9.17, 15) is 14.4 Å². The molecule has 3 aromatic rings. The van der Waals surface area contributed by atoms with Gasteiger partial charge >= 0.3 is 0 Å². The summed E-state index contributed by atoms with van der Waals surface area (Å²) in [7, 11) is 0. The zero-order chi connectivity index (χ0) is 26.4. The average Bonchev–Trinajstić information content (AvgIpc) is 2.80. The molecule has 3 aromatic carbocycles. The van der Waals surface area contributed by atoms with Gasteiger partial charge in [0, 0.05) is 29.9 Å². The van der Waals surface area contributed by atoms with Gasteiger partial charge < -0.3 is 16.0 Å². The Morgan fingerprint density at radius 2 is 0.861 bits per heavy atom. The first-order valence-corrected chi connectivity index (χ1v) is 12.1. The van der Waals surface area contributed by atoms with Gasteiger partial charge in [-0.05, 0) is 111 Å². The van der Waals surface area contributed by atoms with Crippen LogP contribution in [0.1, 0.15) is 46.2 Å². The first-order valence-electron chi connectivity index (χ1n) is 12.1. The standard InChI is InChI=1S/C30H35N3O3/c1-18-7-10-25(13-21(18)4)31-28(34)16-24(30(36)33-27-12-9-20(3)23(6)15-27)17-29(35)32-26-11-8-19(2)22(5)14-26/h7-15,24H,16-17H2,1-6H3,(H,31,34)(H,32,35)(H,33,36). The predicted octanol–water partition coefficient (Wildman–Crippen LogP) is 6.15. The SMILES string of the molecule is Cc1ccc(NC(=O)CC(CC(=O)Nc2ccc(C)c(C)c2)C(=O)Nc2ccc(C)c(C)c2)cc1C. The Kier molecular flexibility index (Phi) is 8.64. The van der Waals surface area contributed by atoms with Crippen LogP contribution >= 0.6 is 0 Å². The lowest BCUT2D eigenvalue weighted by Gasteiger charge is -2.18. The highest BCUT2D eigenvalue weighted by atomic mass is 16.2. The molecule has 6 heteroatoms. The van der Waals surface area contributed by atoms with Crippen molar-refractivity contribution in [2.45, 2.75) is 54.4 Å². The van der Waals surface area contributed by atoms with Crippen LogP contribution in [0.25, 0.3) is 0 Å². The Balaban J connectivity index is 1.75. The molecule has 3 amide bonds. The first-order chi connectivity index (χ1) is 17.0. The predicted molar refractivity (Wildman–Crippen MR) is 146 cm³/mol. The Labute approximate surface area is 213 Å². The molecule has 0 atom stereocenters. The number of carbonyl (C=O) groups is 3. The Bertz CT molecular complexity index is 1230. The minimum Gasteiger partial charge on any atom is -0.326 e. The van der Waals surface area contributed by atoms with Gasteiger partial charge in [-0.25, -0.2) is 0 Å². The number of aryl methyl sites for hydroxylation is 6. The molecule has 0 aliphatic carbocycles. The summed E-state index contributed by atoms with van der Waals surface area (Å²) >= 11 is 0. The number of carbonyl (C=O) groups excluding carboxylic acids is 3. The second kappa shape index (κ2) is 11.7. The van der Waals surface area contributed by atoms with E-state index in [4.69, 9.17) is 0 Å². The lowest BCUT2D eigenvalue weighted by atomic mass is 9.98. The minimum atomic E-state index is -0.843. The number of benzene rings is 3. The van der Waals surface area contributed by atoms with Crippen molar-refractivity contribution in [3.8, 4) is 0 Å². The Morgan fingerprint density at radius 3 is 1.19 bits per heavy atom. The van der Waals surface area contributed by atoms with Crippen molar-refractivity contribution in [2.75, 3.05) is 16.0 Å². The summed E-state index contributed by atoms with van der Waals surface area (Å²) < 4.78 is 0. The third-order valence-electron chi connectivity index (χ3n) is 6.59. The first kappa shape index (κ1) is 26.7. The van der Waals surface area contributed by atoms with E-state index in [1.807, 2.05) is 96.1 Å². The number of anilines is 3.